The first-order valence-electron chi connectivity index (χ1n) is 12.4. The summed E-state index contributed by atoms with van der Waals surface area (Å²) in [6, 6.07) is 0. The lowest BCUT2D eigenvalue weighted by atomic mass is 9.51. The van der Waals surface area contributed by atoms with E-state index >= 15 is 0 Å². The van der Waals surface area contributed by atoms with Crippen molar-refractivity contribution in [2.45, 2.75) is 62.2 Å². The van der Waals surface area contributed by atoms with Gasteiger partial charge in [-0.15, -0.1) is 0 Å². The zero-order valence-corrected chi connectivity index (χ0v) is 20.3. The number of fused-ring (bicyclic) bond motifs is 2. The van der Waals surface area contributed by atoms with Crippen molar-refractivity contribution in [3.8, 4) is 0 Å². The second-order valence-electron chi connectivity index (χ2n) is 11.2. The third kappa shape index (κ3) is 2.94. The smallest absolute Gasteiger partial charge is 0.330 e. The standard InChI is InChI=1S/C25H30ClN5O3/c1-30-19-12-27-22(28-18-6-16-3-4-34-20(16)7-17(18)26)29-21(19)31(23(30)32)24-8-14-5-15(9-24)11-25(10-14,13-24)33-2/h6-7,12,14-16,20H,3-5,8-11,13H2,1-2H3,(H,27,28,29). The van der Waals surface area contributed by atoms with Crippen LogP contribution < -0.4 is 11.0 Å². The van der Waals surface area contributed by atoms with Crippen LogP contribution in [0, 0.1) is 17.8 Å². The molecule has 0 amide bonds. The number of rotatable bonds is 4. The minimum atomic E-state index is -0.252. The van der Waals surface area contributed by atoms with Crippen molar-refractivity contribution < 1.29 is 9.47 Å². The van der Waals surface area contributed by atoms with Crippen LogP contribution in [-0.2, 0) is 22.1 Å². The van der Waals surface area contributed by atoms with E-state index in [2.05, 4.69) is 16.4 Å². The van der Waals surface area contributed by atoms with Gasteiger partial charge in [-0.3, -0.25) is 9.13 Å². The van der Waals surface area contributed by atoms with Gasteiger partial charge in [0.05, 0.1) is 34.2 Å². The van der Waals surface area contributed by atoms with Crippen LogP contribution in [0.3, 0.4) is 0 Å². The molecule has 3 heterocycles. The van der Waals surface area contributed by atoms with E-state index in [1.54, 1.807) is 10.8 Å². The maximum absolute atomic E-state index is 13.6. The average molecular weight is 484 g/mol. The van der Waals surface area contributed by atoms with Gasteiger partial charge in [0, 0.05) is 33.1 Å². The number of hydrogen-bond donors (Lipinski definition) is 1. The number of nitrogens with zero attached hydrogens (tertiary/aromatic N) is 4. The monoisotopic (exact) mass is 483 g/mol. The molecule has 2 aromatic rings. The van der Waals surface area contributed by atoms with Gasteiger partial charge in [0.25, 0.3) is 0 Å². The van der Waals surface area contributed by atoms with Crippen molar-refractivity contribution in [2.75, 3.05) is 19.0 Å². The van der Waals surface area contributed by atoms with Crippen LogP contribution in [0.5, 0.6) is 0 Å². The molecule has 4 bridgehead atoms. The lowest BCUT2D eigenvalue weighted by Gasteiger charge is -2.61. The van der Waals surface area contributed by atoms with E-state index in [4.69, 9.17) is 26.1 Å². The summed E-state index contributed by atoms with van der Waals surface area (Å²) >= 11 is 6.54. The minimum Gasteiger partial charge on any atom is -0.378 e. The first kappa shape index (κ1) is 21.1. The average Bonchev–Trinajstić information content (AvgIpc) is 3.35. The number of imidazole rings is 1. The predicted molar refractivity (Wildman–Crippen MR) is 129 cm³/mol. The summed E-state index contributed by atoms with van der Waals surface area (Å²) in [4.78, 5) is 23.0. The summed E-state index contributed by atoms with van der Waals surface area (Å²) in [5.74, 6) is 1.95. The number of halogens is 1. The molecule has 6 aliphatic rings. The van der Waals surface area contributed by atoms with E-state index < -0.39 is 0 Å². The van der Waals surface area contributed by atoms with Gasteiger partial charge in [-0.05, 0) is 56.4 Å². The van der Waals surface area contributed by atoms with Crippen molar-refractivity contribution in [1.29, 1.82) is 0 Å². The molecule has 34 heavy (non-hydrogen) atoms. The number of nitrogens with one attached hydrogen (secondary N) is 1. The Hall–Kier alpha value is -2.16. The minimum absolute atomic E-state index is 0.0181. The van der Waals surface area contributed by atoms with Gasteiger partial charge in [0.1, 0.15) is 5.52 Å². The molecule has 9 heteroatoms. The number of aryl methyl sites for hydroxylation is 1. The molecule has 4 unspecified atom stereocenters. The molecular formula is C25H30ClN5O3. The molecule has 8 nitrogen and oxygen atoms in total. The normalized spacial score (nSPS) is 38.2. The molecule has 2 aromatic heterocycles. The summed E-state index contributed by atoms with van der Waals surface area (Å²) in [7, 11) is 3.65. The first-order valence-corrected chi connectivity index (χ1v) is 12.7. The summed E-state index contributed by atoms with van der Waals surface area (Å²) < 4.78 is 15.5. The van der Waals surface area contributed by atoms with Crippen LogP contribution in [0.4, 0.5) is 5.95 Å². The largest absolute Gasteiger partial charge is 0.378 e. The molecule has 1 saturated heterocycles. The Morgan fingerprint density at radius 2 is 2.03 bits per heavy atom. The lowest BCUT2D eigenvalue weighted by Crippen LogP contribution is -2.62. The van der Waals surface area contributed by atoms with Gasteiger partial charge < -0.3 is 14.8 Å². The summed E-state index contributed by atoms with van der Waals surface area (Å²) in [6.07, 6.45) is 13.2. The number of hydrogen-bond acceptors (Lipinski definition) is 6. The van der Waals surface area contributed by atoms with Crippen molar-refractivity contribution in [1.82, 2.24) is 19.1 Å². The fourth-order valence-corrected chi connectivity index (χ4v) is 8.19. The molecule has 4 saturated carbocycles. The van der Waals surface area contributed by atoms with Gasteiger partial charge >= 0.3 is 5.69 Å². The highest BCUT2D eigenvalue weighted by Crippen LogP contribution is 2.61. The molecule has 5 fully saturated rings. The predicted octanol–water partition coefficient (Wildman–Crippen LogP) is 3.66. The Balaban J connectivity index is 1.31. The van der Waals surface area contributed by atoms with Crippen LogP contribution in [0.1, 0.15) is 44.9 Å². The lowest BCUT2D eigenvalue weighted by molar-refractivity contribution is -0.173. The first-order chi connectivity index (χ1) is 16.4. The number of aromatic nitrogens is 4. The molecular weight excluding hydrogens is 454 g/mol. The zero-order chi connectivity index (χ0) is 23.2. The van der Waals surface area contributed by atoms with Gasteiger partial charge in [-0.1, -0.05) is 17.7 Å². The third-order valence-corrected chi connectivity index (χ3v) is 9.39. The Bertz CT molecular complexity index is 1300. The van der Waals surface area contributed by atoms with E-state index in [0.29, 0.717) is 34.4 Å². The fourth-order valence-electron chi connectivity index (χ4n) is 7.96. The van der Waals surface area contributed by atoms with Gasteiger partial charge in [-0.25, -0.2) is 9.78 Å². The van der Waals surface area contributed by atoms with Crippen molar-refractivity contribution in [2.24, 2.45) is 24.8 Å². The van der Waals surface area contributed by atoms with Crippen molar-refractivity contribution in [3.05, 3.63) is 39.6 Å². The van der Waals surface area contributed by atoms with Crippen LogP contribution in [0.25, 0.3) is 11.2 Å². The molecule has 1 N–H and O–H groups in total. The van der Waals surface area contributed by atoms with Gasteiger partial charge in [0.15, 0.2) is 5.65 Å². The second-order valence-corrected chi connectivity index (χ2v) is 11.6. The molecule has 0 radical (unpaired) electrons. The van der Waals surface area contributed by atoms with Crippen LogP contribution in [0.2, 0.25) is 0 Å². The van der Waals surface area contributed by atoms with Crippen LogP contribution >= 0.6 is 11.6 Å². The van der Waals surface area contributed by atoms with E-state index in [-0.39, 0.29) is 22.9 Å². The maximum atomic E-state index is 13.6. The number of anilines is 1. The van der Waals surface area contributed by atoms with Gasteiger partial charge in [-0.2, -0.15) is 4.98 Å². The highest BCUT2D eigenvalue weighted by atomic mass is 35.5. The number of methoxy groups -OCH3 is 1. The van der Waals surface area contributed by atoms with Crippen molar-refractivity contribution >= 4 is 28.7 Å². The Kier molecular flexibility index (Phi) is 4.47. The number of ether oxygens (including phenoxy) is 2. The Morgan fingerprint density at radius 1 is 1.24 bits per heavy atom. The highest BCUT2D eigenvalue weighted by molar-refractivity contribution is 6.32. The van der Waals surface area contributed by atoms with Crippen LogP contribution in [0.15, 0.2) is 33.9 Å². The molecule has 0 aromatic carbocycles. The molecule has 1 aliphatic heterocycles. The van der Waals surface area contributed by atoms with Crippen LogP contribution in [-0.4, -0.2) is 44.5 Å². The van der Waals surface area contributed by atoms with Crippen molar-refractivity contribution in [3.63, 3.8) is 0 Å². The summed E-state index contributed by atoms with van der Waals surface area (Å²) in [6.45, 7) is 0.742. The second kappa shape index (κ2) is 7.18. The third-order valence-electron chi connectivity index (χ3n) is 9.06. The molecule has 8 rings (SSSR count). The molecule has 5 aliphatic carbocycles. The number of allylic oxidation sites excluding steroid dienone is 1. The van der Waals surface area contributed by atoms with E-state index in [1.165, 1.54) is 6.42 Å². The topological polar surface area (TPSA) is 83.2 Å². The summed E-state index contributed by atoms with van der Waals surface area (Å²) in [5.41, 5.74) is 1.85. The highest BCUT2D eigenvalue weighted by Gasteiger charge is 2.60. The zero-order valence-electron chi connectivity index (χ0n) is 19.6. The van der Waals surface area contributed by atoms with E-state index in [1.807, 2.05) is 24.8 Å². The molecule has 0 spiro atoms. The fraction of sp³-hybridized carbons (Fsp3) is 0.640. The Morgan fingerprint density at radius 3 is 2.79 bits per heavy atom. The summed E-state index contributed by atoms with van der Waals surface area (Å²) in [5, 5.41) is 3.93. The van der Waals surface area contributed by atoms with Gasteiger partial charge in [0.2, 0.25) is 5.95 Å². The quantitative estimate of drug-likeness (QED) is 0.714. The SMILES string of the molecule is COC12CC3CC(C1)CC(n1c(=O)n(C)c4cnc(NC5=CC6CCOC6C=C5Cl)nc41)(C3)C2. The maximum Gasteiger partial charge on any atom is 0.330 e. The van der Waals surface area contributed by atoms with E-state index in [0.717, 1.165) is 56.3 Å². The Labute approximate surface area is 203 Å². The molecule has 4 atom stereocenters. The molecule has 180 valence electrons. The van der Waals surface area contributed by atoms with E-state index in [9.17, 15) is 4.79 Å².